The fourth-order valence-electron chi connectivity index (χ4n) is 1.14. The second-order valence-corrected chi connectivity index (χ2v) is 4.23. The Hall–Kier alpha value is -0.750. The molecule has 0 fully saturated rings. The largest absolute Gasteiger partial charge is 0.347 e. The summed E-state index contributed by atoms with van der Waals surface area (Å²) in [6, 6.07) is 3.61. The van der Waals surface area contributed by atoms with Crippen LogP contribution in [0.1, 0.15) is 0 Å². The van der Waals surface area contributed by atoms with Crippen molar-refractivity contribution in [2.45, 2.75) is 0 Å². The zero-order valence-electron chi connectivity index (χ0n) is 7.10. The lowest BCUT2D eigenvalue weighted by Crippen LogP contribution is -1.90. The summed E-state index contributed by atoms with van der Waals surface area (Å²) in [5, 5.41) is 3.56. The molecule has 1 aromatic heterocycles. The van der Waals surface area contributed by atoms with Gasteiger partial charge in [0.15, 0.2) is 0 Å². The number of hydrogen-bond acceptors (Lipinski definition) is 2. The van der Waals surface area contributed by atoms with Crippen molar-refractivity contribution in [1.82, 2.24) is 5.16 Å². The molecule has 0 N–H and O–H groups in total. The molecule has 1 aromatic carbocycles. The Kier molecular flexibility index (Phi) is 2.88. The average Bonchev–Trinajstić information content (AvgIpc) is 2.49. The Morgan fingerprint density at radius 2 is 1.73 bits per heavy atom. The third-order valence-corrected chi connectivity index (χ3v) is 3.61. The number of hydrogen-bond donors (Lipinski definition) is 0. The third kappa shape index (κ3) is 1.83. The number of nitrogens with zero attached hydrogens (tertiary/aromatic N) is 1. The number of halogens is 4. The molecule has 6 heteroatoms. The molecule has 0 spiro atoms. The van der Waals surface area contributed by atoms with Crippen LogP contribution in [0.25, 0.3) is 11.3 Å². The lowest BCUT2D eigenvalue weighted by Gasteiger charge is -2.00. The molecule has 0 unspecified atom stereocenters. The summed E-state index contributed by atoms with van der Waals surface area (Å²) >= 11 is 6.16. The second kappa shape index (κ2) is 4.02. The smallest absolute Gasteiger partial charge is 0.216 e. The van der Waals surface area contributed by atoms with Crippen LogP contribution < -0.4 is 0 Å². The van der Waals surface area contributed by atoms with Crippen LogP contribution in [0.5, 0.6) is 0 Å². The Morgan fingerprint density at radius 1 is 1.13 bits per heavy atom. The third-order valence-electron chi connectivity index (χ3n) is 1.80. The van der Waals surface area contributed by atoms with E-state index in [1.807, 2.05) is 0 Å². The highest BCUT2D eigenvalue weighted by Gasteiger charge is 2.19. The first-order valence-corrected chi connectivity index (χ1v) is 5.45. The van der Waals surface area contributed by atoms with Gasteiger partial charge in [-0.05, 0) is 44.0 Å². The van der Waals surface area contributed by atoms with Crippen LogP contribution in [-0.2, 0) is 0 Å². The molecule has 2 rings (SSSR count). The highest BCUT2D eigenvalue weighted by molar-refractivity contribution is 9.13. The zero-order chi connectivity index (χ0) is 11.0. The molecule has 0 saturated heterocycles. The second-order valence-electron chi connectivity index (χ2n) is 2.72. The van der Waals surface area contributed by atoms with Gasteiger partial charge in [-0.3, -0.25) is 0 Å². The quantitative estimate of drug-likeness (QED) is 0.780. The molecular weight excluding hydrogens is 336 g/mol. The first kappa shape index (κ1) is 10.8. The molecule has 0 amide bonds. The van der Waals surface area contributed by atoms with E-state index < -0.39 is 11.6 Å². The molecule has 0 bridgehead atoms. The predicted octanol–water partition coefficient (Wildman–Crippen LogP) is 4.14. The van der Waals surface area contributed by atoms with Gasteiger partial charge in [0.05, 0.1) is 5.56 Å². The lowest BCUT2D eigenvalue weighted by atomic mass is 10.1. The van der Waals surface area contributed by atoms with Gasteiger partial charge in [-0.1, -0.05) is 11.2 Å². The minimum Gasteiger partial charge on any atom is -0.347 e. The molecule has 2 aromatic rings. The van der Waals surface area contributed by atoms with Crippen molar-refractivity contribution in [2.75, 3.05) is 0 Å². The van der Waals surface area contributed by atoms with E-state index in [0.717, 1.165) is 12.1 Å². The van der Waals surface area contributed by atoms with E-state index in [2.05, 4.69) is 37.0 Å². The van der Waals surface area contributed by atoms with Crippen LogP contribution in [0.2, 0.25) is 0 Å². The van der Waals surface area contributed by atoms with E-state index in [9.17, 15) is 8.78 Å². The SMILES string of the molecule is Fc1cccc(F)c1-c1noc(Br)c1Br. The van der Waals surface area contributed by atoms with Crippen molar-refractivity contribution in [1.29, 1.82) is 0 Å². The summed E-state index contributed by atoms with van der Waals surface area (Å²) in [5.41, 5.74) is -0.115. The van der Waals surface area contributed by atoms with Gasteiger partial charge < -0.3 is 4.52 Å². The molecule has 0 aliphatic rings. The van der Waals surface area contributed by atoms with Gasteiger partial charge in [-0.2, -0.15) is 0 Å². The van der Waals surface area contributed by atoms with Crippen LogP contribution in [0.3, 0.4) is 0 Å². The van der Waals surface area contributed by atoms with Gasteiger partial charge in [0.2, 0.25) is 4.67 Å². The van der Waals surface area contributed by atoms with Crippen molar-refractivity contribution in [3.8, 4) is 11.3 Å². The lowest BCUT2D eigenvalue weighted by molar-refractivity contribution is 0.401. The van der Waals surface area contributed by atoms with Gasteiger partial charge in [0.1, 0.15) is 21.8 Å². The highest BCUT2D eigenvalue weighted by Crippen LogP contribution is 2.35. The summed E-state index contributed by atoms with van der Waals surface area (Å²) in [7, 11) is 0. The Morgan fingerprint density at radius 3 is 2.20 bits per heavy atom. The van der Waals surface area contributed by atoms with E-state index >= 15 is 0 Å². The number of aromatic nitrogens is 1. The summed E-state index contributed by atoms with van der Waals surface area (Å²) < 4.78 is 32.2. The average molecular weight is 339 g/mol. The van der Waals surface area contributed by atoms with Crippen molar-refractivity contribution in [3.63, 3.8) is 0 Å². The summed E-state index contributed by atoms with van der Waals surface area (Å²) in [5.74, 6) is -1.37. The molecule has 15 heavy (non-hydrogen) atoms. The Bertz CT molecular complexity index is 493. The van der Waals surface area contributed by atoms with Gasteiger partial charge in [-0.25, -0.2) is 8.78 Å². The molecule has 78 valence electrons. The van der Waals surface area contributed by atoms with Crippen LogP contribution in [0.15, 0.2) is 31.9 Å². The van der Waals surface area contributed by atoms with Crippen LogP contribution in [-0.4, -0.2) is 5.16 Å². The minimum absolute atomic E-state index is 0.0949. The Labute approximate surface area is 101 Å². The minimum atomic E-state index is -0.684. The fourth-order valence-corrected chi connectivity index (χ4v) is 1.74. The van der Waals surface area contributed by atoms with E-state index in [0.29, 0.717) is 9.14 Å². The summed E-state index contributed by atoms with van der Waals surface area (Å²) in [4.78, 5) is 0. The van der Waals surface area contributed by atoms with Crippen LogP contribution >= 0.6 is 31.9 Å². The first-order valence-electron chi connectivity index (χ1n) is 3.86. The zero-order valence-corrected chi connectivity index (χ0v) is 10.3. The molecule has 2 nitrogen and oxygen atoms in total. The molecule has 1 heterocycles. The van der Waals surface area contributed by atoms with Gasteiger partial charge in [-0.15, -0.1) is 0 Å². The topological polar surface area (TPSA) is 26.0 Å². The number of benzene rings is 1. The van der Waals surface area contributed by atoms with Gasteiger partial charge in [0, 0.05) is 0 Å². The molecule has 0 aliphatic heterocycles. The molecule has 0 atom stereocenters. The van der Waals surface area contributed by atoms with Crippen molar-refractivity contribution in [3.05, 3.63) is 39.0 Å². The maximum atomic E-state index is 13.4. The van der Waals surface area contributed by atoms with Crippen LogP contribution in [0.4, 0.5) is 8.78 Å². The van der Waals surface area contributed by atoms with Crippen molar-refractivity contribution in [2.24, 2.45) is 0 Å². The molecule has 0 aliphatic carbocycles. The standard InChI is InChI=1S/C9H3Br2F2NO/c10-7-8(14-15-9(7)11)6-4(12)2-1-3-5(6)13/h1-3H. The Balaban J connectivity index is 2.69. The first-order chi connectivity index (χ1) is 7.11. The monoisotopic (exact) mass is 337 g/mol. The summed E-state index contributed by atoms with van der Waals surface area (Å²) in [6.45, 7) is 0. The normalized spacial score (nSPS) is 10.7. The van der Waals surface area contributed by atoms with Crippen molar-refractivity contribution < 1.29 is 13.3 Å². The van der Waals surface area contributed by atoms with E-state index in [4.69, 9.17) is 4.52 Å². The maximum Gasteiger partial charge on any atom is 0.216 e. The van der Waals surface area contributed by atoms with Crippen molar-refractivity contribution >= 4 is 31.9 Å². The fraction of sp³-hybridized carbons (Fsp3) is 0. The maximum absolute atomic E-state index is 13.4. The van der Waals surface area contributed by atoms with Gasteiger partial charge in [0.25, 0.3) is 0 Å². The van der Waals surface area contributed by atoms with E-state index in [-0.39, 0.29) is 11.3 Å². The van der Waals surface area contributed by atoms with Crippen LogP contribution in [0, 0.1) is 11.6 Å². The molecule has 0 radical (unpaired) electrons. The highest BCUT2D eigenvalue weighted by atomic mass is 79.9. The number of rotatable bonds is 1. The molecule has 0 saturated carbocycles. The predicted molar refractivity (Wildman–Crippen MR) is 57.3 cm³/mol. The summed E-state index contributed by atoms with van der Waals surface area (Å²) in [6.07, 6.45) is 0. The van der Waals surface area contributed by atoms with Gasteiger partial charge >= 0.3 is 0 Å². The molecular formula is C9H3Br2F2NO. The van der Waals surface area contributed by atoms with E-state index in [1.165, 1.54) is 6.07 Å². The van der Waals surface area contributed by atoms with E-state index in [1.54, 1.807) is 0 Å².